The maximum atomic E-state index is 14.1. The molecular weight excluding hydrogens is 272 g/mol. The molecule has 21 heavy (non-hydrogen) atoms. The van der Waals surface area contributed by atoms with Gasteiger partial charge in [-0.25, -0.2) is 4.39 Å². The van der Waals surface area contributed by atoms with Crippen LogP contribution in [-0.2, 0) is 5.41 Å². The topological polar surface area (TPSA) is 35.2 Å². The van der Waals surface area contributed by atoms with Crippen LogP contribution in [0.1, 0.15) is 44.1 Å². The van der Waals surface area contributed by atoms with Crippen LogP contribution in [0.2, 0.25) is 0 Å². The Bertz CT molecular complexity index is 587. The summed E-state index contributed by atoms with van der Waals surface area (Å²) < 4.78 is 32.8. The van der Waals surface area contributed by atoms with Crippen molar-refractivity contribution in [3.05, 3.63) is 29.3 Å². The quantitative estimate of drug-likeness (QED) is 0.905. The van der Waals surface area contributed by atoms with Crippen molar-refractivity contribution in [2.24, 2.45) is 17.6 Å². The first-order valence-corrected chi connectivity index (χ1v) is 7.76. The van der Waals surface area contributed by atoms with Gasteiger partial charge in [0.15, 0.2) is 11.6 Å². The molecule has 2 N–H and O–H groups in total. The Kier molecular flexibility index (Phi) is 2.69. The fourth-order valence-corrected chi connectivity index (χ4v) is 5.80. The van der Waals surface area contributed by atoms with Gasteiger partial charge in [-0.3, -0.25) is 0 Å². The Morgan fingerprint density at radius 2 is 1.81 bits per heavy atom. The number of nitrogens with two attached hydrogens (primary N) is 1. The van der Waals surface area contributed by atoms with E-state index in [1.54, 1.807) is 6.07 Å². The van der Waals surface area contributed by atoms with Crippen molar-refractivity contribution in [2.45, 2.75) is 49.5 Å². The average molecular weight is 293 g/mol. The van der Waals surface area contributed by atoms with Crippen molar-refractivity contribution < 1.29 is 13.5 Å². The van der Waals surface area contributed by atoms with E-state index in [9.17, 15) is 8.78 Å². The molecule has 4 bridgehead atoms. The molecule has 4 aliphatic carbocycles. The van der Waals surface area contributed by atoms with Crippen LogP contribution in [0.15, 0.2) is 12.1 Å². The molecule has 0 spiro atoms. The van der Waals surface area contributed by atoms with E-state index >= 15 is 0 Å². The molecule has 0 radical (unpaired) electrons. The molecule has 0 saturated heterocycles. The van der Waals surface area contributed by atoms with Gasteiger partial charge in [-0.1, -0.05) is 6.07 Å². The molecule has 5 rings (SSSR count). The normalized spacial score (nSPS) is 40.6. The van der Waals surface area contributed by atoms with Gasteiger partial charge >= 0.3 is 0 Å². The second-order valence-electron chi connectivity index (χ2n) is 7.55. The molecule has 2 atom stereocenters. The van der Waals surface area contributed by atoms with Gasteiger partial charge in [0.2, 0.25) is 5.82 Å². The number of ether oxygens (including phenoxy) is 1. The Morgan fingerprint density at radius 1 is 1.14 bits per heavy atom. The summed E-state index contributed by atoms with van der Waals surface area (Å²) in [4.78, 5) is 0. The summed E-state index contributed by atoms with van der Waals surface area (Å²) in [5, 5.41) is 0. The van der Waals surface area contributed by atoms with E-state index < -0.39 is 11.6 Å². The Balaban J connectivity index is 1.85. The molecule has 4 aliphatic rings. The number of methoxy groups -OCH3 is 1. The first-order chi connectivity index (χ1) is 9.95. The minimum Gasteiger partial charge on any atom is -0.493 e. The largest absolute Gasteiger partial charge is 0.493 e. The average Bonchev–Trinajstić information content (AvgIpc) is 2.38. The maximum absolute atomic E-state index is 14.1. The molecule has 1 aromatic carbocycles. The van der Waals surface area contributed by atoms with Crippen LogP contribution in [0, 0.1) is 23.5 Å². The minimum absolute atomic E-state index is 0.0838. The fourth-order valence-electron chi connectivity index (χ4n) is 5.80. The summed E-state index contributed by atoms with van der Waals surface area (Å²) in [6, 6.07) is 2.95. The predicted molar refractivity (Wildman–Crippen MR) is 76.2 cm³/mol. The third-order valence-electron chi connectivity index (χ3n) is 5.93. The van der Waals surface area contributed by atoms with Crippen molar-refractivity contribution in [3.63, 3.8) is 0 Å². The molecule has 4 fully saturated rings. The van der Waals surface area contributed by atoms with Crippen LogP contribution in [0.5, 0.6) is 5.75 Å². The summed E-state index contributed by atoms with van der Waals surface area (Å²) in [7, 11) is 1.42. The highest BCUT2D eigenvalue weighted by atomic mass is 19.2. The number of benzene rings is 1. The van der Waals surface area contributed by atoms with Crippen molar-refractivity contribution in [2.75, 3.05) is 7.11 Å². The first-order valence-electron chi connectivity index (χ1n) is 7.76. The summed E-state index contributed by atoms with van der Waals surface area (Å²) in [6.07, 6.45) is 6.34. The third-order valence-corrected chi connectivity index (χ3v) is 5.93. The summed E-state index contributed by atoms with van der Waals surface area (Å²) in [5.41, 5.74) is 7.17. The van der Waals surface area contributed by atoms with Gasteiger partial charge in [-0.05, 0) is 56.4 Å². The van der Waals surface area contributed by atoms with Gasteiger partial charge in [-0.2, -0.15) is 4.39 Å². The number of rotatable bonds is 2. The lowest BCUT2D eigenvalue weighted by Gasteiger charge is -2.61. The molecule has 2 nitrogen and oxygen atoms in total. The van der Waals surface area contributed by atoms with Crippen LogP contribution in [-0.4, -0.2) is 12.6 Å². The molecule has 114 valence electrons. The second-order valence-corrected chi connectivity index (χ2v) is 7.55. The minimum atomic E-state index is -0.864. The Labute approximate surface area is 123 Å². The molecule has 2 unspecified atom stereocenters. The van der Waals surface area contributed by atoms with E-state index in [4.69, 9.17) is 10.5 Å². The number of hydrogen-bond acceptors (Lipinski definition) is 2. The van der Waals surface area contributed by atoms with Crippen LogP contribution in [0.3, 0.4) is 0 Å². The highest BCUT2D eigenvalue weighted by molar-refractivity contribution is 5.44. The van der Waals surface area contributed by atoms with E-state index in [-0.39, 0.29) is 16.7 Å². The third kappa shape index (κ3) is 1.84. The lowest BCUT2D eigenvalue weighted by Crippen LogP contribution is -2.61. The summed E-state index contributed by atoms with van der Waals surface area (Å²) >= 11 is 0. The fraction of sp³-hybridized carbons (Fsp3) is 0.647. The molecular formula is C17H21F2NO. The zero-order valence-corrected chi connectivity index (χ0v) is 12.3. The van der Waals surface area contributed by atoms with Gasteiger partial charge in [0, 0.05) is 16.5 Å². The molecule has 0 aliphatic heterocycles. The van der Waals surface area contributed by atoms with Crippen molar-refractivity contribution in [1.82, 2.24) is 0 Å². The highest BCUT2D eigenvalue weighted by Gasteiger charge is 2.57. The lowest BCUT2D eigenvalue weighted by atomic mass is 9.45. The molecule has 4 saturated carbocycles. The molecule has 4 heteroatoms. The van der Waals surface area contributed by atoms with Crippen molar-refractivity contribution >= 4 is 0 Å². The first kappa shape index (κ1) is 13.5. The molecule has 0 aromatic heterocycles. The molecule has 1 aromatic rings. The zero-order chi connectivity index (χ0) is 14.8. The summed E-state index contributed by atoms with van der Waals surface area (Å²) in [5.74, 6) is -0.386. The van der Waals surface area contributed by atoms with E-state index in [0.29, 0.717) is 11.8 Å². The standard InChI is InChI=1S/C17H21F2NO/c1-21-15-12(2-3-13(18)14(15)19)16-5-10-4-11(6-16)8-17(20,7-10)9-16/h2-3,10-11H,4-9,20H2,1H3. The van der Waals surface area contributed by atoms with Crippen LogP contribution in [0.4, 0.5) is 8.78 Å². The van der Waals surface area contributed by atoms with Crippen molar-refractivity contribution in [3.8, 4) is 5.75 Å². The van der Waals surface area contributed by atoms with Gasteiger partial charge in [-0.15, -0.1) is 0 Å². The highest BCUT2D eigenvalue weighted by Crippen LogP contribution is 2.62. The van der Waals surface area contributed by atoms with E-state index in [1.165, 1.54) is 19.6 Å². The Hall–Kier alpha value is -1.16. The number of hydrogen-bond donors (Lipinski definition) is 1. The zero-order valence-electron chi connectivity index (χ0n) is 12.3. The van der Waals surface area contributed by atoms with Gasteiger partial charge in [0.25, 0.3) is 0 Å². The van der Waals surface area contributed by atoms with Gasteiger partial charge < -0.3 is 10.5 Å². The predicted octanol–water partition coefficient (Wildman–Crippen LogP) is 3.52. The maximum Gasteiger partial charge on any atom is 0.200 e. The van der Waals surface area contributed by atoms with Crippen LogP contribution >= 0.6 is 0 Å². The second kappa shape index (κ2) is 4.19. The van der Waals surface area contributed by atoms with Crippen LogP contribution in [0.25, 0.3) is 0 Å². The molecule has 0 amide bonds. The van der Waals surface area contributed by atoms with Gasteiger partial charge in [0.05, 0.1) is 7.11 Å². The lowest BCUT2D eigenvalue weighted by molar-refractivity contribution is -0.0237. The van der Waals surface area contributed by atoms with E-state index in [1.807, 2.05) is 0 Å². The van der Waals surface area contributed by atoms with Crippen molar-refractivity contribution in [1.29, 1.82) is 0 Å². The van der Waals surface area contributed by atoms with E-state index in [0.717, 1.165) is 37.7 Å². The SMILES string of the molecule is COc1c(C23CC4CC(CC(N)(C4)C2)C3)ccc(F)c1F. The monoisotopic (exact) mass is 293 g/mol. The molecule has 0 heterocycles. The van der Waals surface area contributed by atoms with Crippen LogP contribution < -0.4 is 10.5 Å². The smallest absolute Gasteiger partial charge is 0.200 e. The van der Waals surface area contributed by atoms with E-state index in [2.05, 4.69) is 0 Å². The summed E-state index contributed by atoms with van der Waals surface area (Å²) in [6.45, 7) is 0. The van der Waals surface area contributed by atoms with Gasteiger partial charge in [0.1, 0.15) is 0 Å². The number of halogens is 2. The Morgan fingerprint density at radius 3 is 2.38 bits per heavy atom.